The highest BCUT2D eigenvalue weighted by Crippen LogP contribution is 2.18. The second-order valence-corrected chi connectivity index (χ2v) is 5.20. The number of nitrogens with one attached hydrogen (secondary N) is 1. The molecule has 0 aliphatic heterocycles. The summed E-state index contributed by atoms with van der Waals surface area (Å²) in [5.74, 6) is -0.269. The van der Waals surface area contributed by atoms with Crippen LogP contribution in [-0.4, -0.2) is 22.5 Å². The fourth-order valence-electron chi connectivity index (χ4n) is 1.66. The molecule has 2 aromatic rings. The zero-order valence-electron chi connectivity index (χ0n) is 10.5. The predicted molar refractivity (Wildman–Crippen MR) is 75.4 cm³/mol. The van der Waals surface area contributed by atoms with Crippen molar-refractivity contribution < 1.29 is 9.90 Å². The van der Waals surface area contributed by atoms with E-state index in [1.807, 2.05) is 12.3 Å². The summed E-state index contributed by atoms with van der Waals surface area (Å²) in [6.07, 6.45) is 0.675. The SMILES string of the molecule is Cc1nc(CCNC(=O)c2cc(O)ccc2N)cs1. The van der Waals surface area contributed by atoms with E-state index in [-0.39, 0.29) is 17.2 Å². The molecule has 1 amide bonds. The number of rotatable bonds is 4. The topological polar surface area (TPSA) is 88.2 Å². The average molecular weight is 277 g/mol. The van der Waals surface area contributed by atoms with Crippen molar-refractivity contribution in [2.45, 2.75) is 13.3 Å². The third-order valence-electron chi connectivity index (χ3n) is 2.61. The summed E-state index contributed by atoms with van der Waals surface area (Å²) >= 11 is 1.59. The van der Waals surface area contributed by atoms with E-state index in [9.17, 15) is 9.90 Å². The third-order valence-corrected chi connectivity index (χ3v) is 3.44. The number of amides is 1. The van der Waals surface area contributed by atoms with Crippen molar-refractivity contribution in [3.05, 3.63) is 39.8 Å². The van der Waals surface area contributed by atoms with Gasteiger partial charge in [0.25, 0.3) is 5.91 Å². The first-order valence-electron chi connectivity index (χ1n) is 5.84. The number of phenolic OH excluding ortho intramolecular Hbond substituents is 1. The number of anilines is 1. The van der Waals surface area contributed by atoms with Gasteiger partial charge in [-0.05, 0) is 25.1 Å². The predicted octanol–water partition coefficient (Wildman–Crippen LogP) is 1.71. The Labute approximate surface area is 115 Å². The van der Waals surface area contributed by atoms with Crippen LogP contribution in [0, 0.1) is 6.92 Å². The van der Waals surface area contributed by atoms with Crippen LogP contribution in [-0.2, 0) is 6.42 Å². The molecule has 0 atom stereocenters. The van der Waals surface area contributed by atoms with Crippen LogP contribution >= 0.6 is 11.3 Å². The summed E-state index contributed by atoms with van der Waals surface area (Å²) in [6.45, 7) is 2.43. The number of nitrogens with two attached hydrogens (primary N) is 1. The molecule has 1 heterocycles. The minimum absolute atomic E-state index is 0.0227. The minimum atomic E-state index is -0.291. The molecule has 100 valence electrons. The Kier molecular flexibility index (Phi) is 4.01. The number of nitrogen functional groups attached to an aromatic ring is 1. The van der Waals surface area contributed by atoms with E-state index < -0.39 is 0 Å². The Morgan fingerprint density at radius 3 is 3.00 bits per heavy atom. The smallest absolute Gasteiger partial charge is 0.253 e. The maximum Gasteiger partial charge on any atom is 0.253 e. The number of nitrogens with zero attached hydrogens (tertiary/aromatic N) is 1. The minimum Gasteiger partial charge on any atom is -0.508 e. The maximum atomic E-state index is 11.9. The van der Waals surface area contributed by atoms with Crippen molar-refractivity contribution in [3.63, 3.8) is 0 Å². The lowest BCUT2D eigenvalue weighted by Crippen LogP contribution is -2.26. The van der Waals surface area contributed by atoms with Crippen LogP contribution in [0.15, 0.2) is 23.6 Å². The van der Waals surface area contributed by atoms with Gasteiger partial charge in [0.05, 0.1) is 16.3 Å². The number of aryl methyl sites for hydroxylation is 1. The number of hydrogen-bond donors (Lipinski definition) is 3. The van der Waals surface area contributed by atoms with Crippen LogP contribution in [0.4, 0.5) is 5.69 Å². The molecular weight excluding hydrogens is 262 g/mol. The fourth-order valence-corrected chi connectivity index (χ4v) is 2.31. The van der Waals surface area contributed by atoms with Crippen molar-refractivity contribution in [1.82, 2.24) is 10.3 Å². The highest BCUT2D eigenvalue weighted by Gasteiger charge is 2.10. The molecule has 2 rings (SSSR count). The van der Waals surface area contributed by atoms with Gasteiger partial charge in [-0.25, -0.2) is 4.98 Å². The zero-order chi connectivity index (χ0) is 13.8. The van der Waals surface area contributed by atoms with Crippen LogP contribution in [0.1, 0.15) is 21.1 Å². The summed E-state index contributed by atoms with van der Waals surface area (Å²) < 4.78 is 0. The number of benzene rings is 1. The summed E-state index contributed by atoms with van der Waals surface area (Å²) in [5, 5.41) is 15.1. The molecule has 0 spiro atoms. The average Bonchev–Trinajstić information content (AvgIpc) is 2.78. The van der Waals surface area contributed by atoms with Gasteiger partial charge in [-0.3, -0.25) is 4.79 Å². The molecule has 6 heteroatoms. The van der Waals surface area contributed by atoms with Gasteiger partial charge < -0.3 is 16.2 Å². The van der Waals surface area contributed by atoms with E-state index in [0.717, 1.165) is 10.7 Å². The molecule has 0 bridgehead atoms. The van der Waals surface area contributed by atoms with Crippen molar-refractivity contribution in [2.24, 2.45) is 0 Å². The van der Waals surface area contributed by atoms with Gasteiger partial charge >= 0.3 is 0 Å². The molecule has 0 radical (unpaired) electrons. The first-order chi connectivity index (χ1) is 9.06. The van der Waals surface area contributed by atoms with Crippen LogP contribution in [0.2, 0.25) is 0 Å². The van der Waals surface area contributed by atoms with Crippen molar-refractivity contribution in [1.29, 1.82) is 0 Å². The summed E-state index contributed by atoms with van der Waals surface area (Å²) in [7, 11) is 0. The van der Waals surface area contributed by atoms with E-state index in [1.165, 1.54) is 18.2 Å². The molecule has 0 saturated carbocycles. The van der Waals surface area contributed by atoms with Crippen LogP contribution in [0.3, 0.4) is 0 Å². The van der Waals surface area contributed by atoms with Gasteiger partial charge in [0.2, 0.25) is 0 Å². The summed E-state index contributed by atoms with van der Waals surface area (Å²) in [6, 6.07) is 4.32. The molecule has 0 aliphatic rings. The van der Waals surface area contributed by atoms with Gasteiger partial charge in [-0.1, -0.05) is 0 Å². The Hall–Kier alpha value is -2.08. The number of thiazole rings is 1. The maximum absolute atomic E-state index is 11.9. The first-order valence-corrected chi connectivity index (χ1v) is 6.72. The second-order valence-electron chi connectivity index (χ2n) is 4.14. The Bertz CT molecular complexity index is 595. The van der Waals surface area contributed by atoms with E-state index in [2.05, 4.69) is 10.3 Å². The molecule has 0 aliphatic carbocycles. The lowest BCUT2D eigenvalue weighted by atomic mass is 10.1. The van der Waals surface area contributed by atoms with Crippen LogP contribution < -0.4 is 11.1 Å². The van der Waals surface area contributed by atoms with Gasteiger partial charge in [0, 0.05) is 24.0 Å². The zero-order valence-corrected chi connectivity index (χ0v) is 11.3. The molecule has 1 aromatic heterocycles. The van der Waals surface area contributed by atoms with Crippen molar-refractivity contribution in [2.75, 3.05) is 12.3 Å². The Morgan fingerprint density at radius 1 is 1.53 bits per heavy atom. The standard InChI is InChI=1S/C13H15N3O2S/c1-8-16-9(7-19-8)4-5-15-13(18)11-6-10(17)2-3-12(11)14/h2-3,6-7,17H,4-5,14H2,1H3,(H,15,18). The number of aromatic hydroxyl groups is 1. The van der Waals surface area contributed by atoms with E-state index >= 15 is 0 Å². The second kappa shape index (κ2) is 5.71. The molecule has 0 saturated heterocycles. The molecule has 19 heavy (non-hydrogen) atoms. The summed E-state index contributed by atoms with van der Waals surface area (Å²) in [4.78, 5) is 16.2. The molecule has 4 N–H and O–H groups in total. The number of phenols is 1. The lowest BCUT2D eigenvalue weighted by Gasteiger charge is -2.07. The highest BCUT2D eigenvalue weighted by molar-refractivity contribution is 7.09. The Balaban J connectivity index is 1.92. The number of carbonyl (C=O) groups excluding carboxylic acids is 1. The van der Waals surface area contributed by atoms with Crippen molar-refractivity contribution >= 4 is 22.9 Å². The first kappa shape index (κ1) is 13.4. The highest BCUT2D eigenvalue weighted by atomic mass is 32.1. The molecule has 5 nitrogen and oxygen atoms in total. The quantitative estimate of drug-likeness (QED) is 0.586. The van der Waals surface area contributed by atoms with E-state index in [4.69, 9.17) is 5.73 Å². The molecule has 1 aromatic carbocycles. The molecular formula is C13H15N3O2S. The lowest BCUT2D eigenvalue weighted by molar-refractivity contribution is 0.0954. The normalized spacial score (nSPS) is 10.4. The van der Waals surface area contributed by atoms with E-state index in [0.29, 0.717) is 18.7 Å². The fraction of sp³-hybridized carbons (Fsp3) is 0.231. The van der Waals surface area contributed by atoms with Gasteiger partial charge in [0.1, 0.15) is 5.75 Å². The Morgan fingerprint density at radius 2 is 2.32 bits per heavy atom. The molecule has 0 fully saturated rings. The number of hydrogen-bond acceptors (Lipinski definition) is 5. The van der Waals surface area contributed by atoms with Gasteiger partial charge in [-0.2, -0.15) is 0 Å². The largest absolute Gasteiger partial charge is 0.508 e. The number of carbonyl (C=O) groups is 1. The summed E-state index contributed by atoms with van der Waals surface area (Å²) in [5.41, 5.74) is 7.29. The third kappa shape index (κ3) is 3.45. The molecule has 0 unspecified atom stereocenters. The van der Waals surface area contributed by atoms with Crippen LogP contribution in [0.5, 0.6) is 5.75 Å². The van der Waals surface area contributed by atoms with Crippen molar-refractivity contribution in [3.8, 4) is 5.75 Å². The van der Waals surface area contributed by atoms with Crippen LogP contribution in [0.25, 0.3) is 0 Å². The van der Waals surface area contributed by atoms with Gasteiger partial charge in [-0.15, -0.1) is 11.3 Å². The number of aromatic nitrogens is 1. The monoisotopic (exact) mass is 277 g/mol. The van der Waals surface area contributed by atoms with Gasteiger partial charge in [0.15, 0.2) is 0 Å². The van der Waals surface area contributed by atoms with E-state index in [1.54, 1.807) is 11.3 Å².